The number of hydrogen-bond acceptors (Lipinski definition) is 4. The van der Waals surface area contributed by atoms with E-state index < -0.39 is 10.0 Å². The van der Waals surface area contributed by atoms with Gasteiger partial charge in [0.15, 0.2) is 4.67 Å². The Morgan fingerprint density at radius 1 is 1.48 bits per heavy atom. The Bertz CT molecular complexity index is 579. The molecule has 1 saturated carbocycles. The molecule has 0 radical (unpaired) electrons. The lowest BCUT2D eigenvalue weighted by atomic mass is 10.2. The highest BCUT2D eigenvalue weighted by atomic mass is 79.9. The second kappa shape index (κ2) is 6.81. The molecule has 1 fully saturated rings. The molecular formula is C14H23BrN2O3S. The van der Waals surface area contributed by atoms with Crippen LogP contribution in [-0.2, 0) is 16.6 Å². The number of halogens is 1. The molecule has 1 N–H and O–H groups in total. The summed E-state index contributed by atoms with van der Waals surface area (Å²) in [6.07, 6.45) is 1.90. The summed E-state index contributed by atoms with van der Waals surface area (Å²) >= 11 is 3.25. The van der Waals surface area contributed by atoms with Crippen LogP contribution in [0.4, 0.5) is 0 Å². The summed E-state index contributed by atoms with van der Waals surface area (Å²) in [5.74, 6) is 0.926. The quantitative estimate of drug-likeness (QED) is 0.755. The van der Waals surface area contributed by atoms with Gasteiger partial charge in [-0.2, -0.15) is 4.31 Å². The molecule has 0 amide bonds. The predicted molar refractivity (Wildman–Crippen MR) is 85.5 cm³/mol. The van der Waals surface area contributed by atoms with Crippen LogP contribution < -0.4 is 5.32 Å². The van der Waals surface area contributed by atoms with Crippen LogP contribution in [0.15, 0.2) is 20.0 Å². The molecule has 0 spiro atoms. The van der Waals surface area contributed by atoms with Crippen molar-refractivity contribution in [3.05, 3.63) is 16.5 Å². The molecule has 0 aliphatic heterocycles. The smallest absolute Gasteiger partial charge is 0.247 e. The first-order chi connectivity index (χ1) is 9.86. The highest BCUT2D eigenvalue weighted by molar-refractivity contribution is 9.10. The maximum atomic E-state index is 12.9. The van der Waals surface area contributed by atoms with Gasteiger partial charge in [0.2, 0.25) is 10.0 Å². The summed E-state index contributed by atoms with van der Waals surface area (Å²) in [6, 6.07) is 1.77. The van der Waals surface area contributed by atoms with Crippen molar-refractivity contribution in [3.63, 3.8) is 0 Å². The topological polar surface area (TPSA) is 62.6 Å². The molecule has 0 atom stereocenters. The van der Waals surface area contributed by atoms with E-state index in [1.807, 2.05) is 20.8 Å². The number of nitrogens with one attached hydrogen (secondary N) is 1. The van der Waals surface area contributed by atoms with Gasteiger partial charge in [-0.25, -0.2) is 8.42 Å². The van der Waals surface area contributed by atoms with Gasteiger partial charge in [-0.1, -0.05) is 20.8 Å². The second-order valence-corrected chi connectivity index (χ2v) is 8.41. The predicted octanol–water partition coefficient (Wildman–Crippen LogP) is 2.96. The largest absolute Gasteiger partial charge is 0.452 e. The third-order valence-corrected chi connectivity index (χ3v) is 6.12. The fraction of sp³-hybridized carbons (Fsp3) is 0.714. The van der Waals surface area contributed by atoms with E-state index in [0.29, 0.717) is 29.4 Å². The Kier molecular flexibility index (Phi) is 5.51. The summed E-state index contributed by atoms with van der Waals surface area (Å²) in [6.45, 7) is 7.94. The van der Waals surface area contributed by atoms with Crippen LogP contribution in [0, 0.1) is 5.92 Å². The maximum Gasteiger partial charge on any atom is 0.247 e. The van der Waals surface area contributed by atoms with Crippen molar-refractivity contribution in [1.82, 2.24) is 9.62 Å². The maximum absolute atomic E-state index is 12.9. The first-order valence-electron chi connectivity index (χ1n) is 7.37. The number of sulfonamides is 1. The zero-order valence-corrected chi connectivity index (χ0v) is 15.1. The van der Waals surface area contributed by atoms with Crippen molar-refractivity contribution in [1.29, 1.82) is 0 Å². The third kappa shape index (κ3) is 4.09. The fourth-order valence-electron chi connectivity index (χ4n) is 2.20. The van der Waals surface area contributed by atoms with Crippen LogP contribution >= 0.6 is 15.9 Å². The van der Waals surface area contributed by atoms with Gasteiger partial charge in [0.1, 0.15) is 10.7 Å². The molecule has 1 aliphatic carbocycles. The second-order valence-electron chi connectivity index (χ2n) is 5.83. The molecule has 0 bridgehead atoms. The first kappa shape index (κ1) is 17.0. The van der Waals surface area contributed by atoms with E-state index in [1.54, 1.807) is 10.4 Å². The normalized spacial score (nSPS) is 16.1. The Labute approximate surface area is 135 Å². The molecule has 0 aromatic carbocycles. The minimum absolute atomic E-state index is 0.149. The summed E-state index contributed by atoms with van der Waals surface area (Å²) in [5, 5.41) is 3.13. The van der Waals surface area contributed by atoms with Crippen LogP contribution in [0.2, 0.25) is 0 Å². The molecule has 0 saturated heterocycles. The minimum Gasteiger partial charge on any atom is -0.452 e. The van der Waals surface area contributed by atoms with Gasteiger partial charge < -0.3 is 9.73 Å². The average Bonchev–Trinajstić information content (AvgIpc) is 3.16. The van der Waals surface area contributed by atoms with E-state index in [1.165, 1.54) is 0 Å². The zero-order chi connectivity index (χ0) is 15.6. The van der Waals surface area contributed by atoms with Crippen LogP contribution in [-0.4, -0.2) is 31.9 Å². The lowest BCUT2D eigenvalue weighted by Crippen LogP contribution is -2.36. The zero-order valence-electron chi connectivity index (χ0n) is 12.7. The van der Waals surface area contributed by atoms with E-state index >= 15 is 0 Å². The van der Waals surface area contributed by atoms with Crippen molar-refractivity contribution in [2.75, 3.05) is 13.1 Å². The van der Waals surface area contributed by atoms with Crippen molar-refractivity contribution in [2.24, 2.45) is 5.92 Å². The highest BCUT2D eigenvalue weighted by Crippen LogP contribution is 2.36. The SMILES string of the molecule is CCNCc1cc(S(=O)(=O)N(CC(C)C)C2CC2)c(Br)o1. The van der Waals surface area contributed by atoms with Crippen molar-refractivity contribution in [3.8, 4) is 0 Å². The van der Waals surface area contributed by atoms with Crippen LogP contribution in [0.5, 0.6) is 0 Å². The molecule has 2 rings (SSSR count). The van der Waals surface area contributed by atoms with E-state index in [2.05, 4.69) is 21.2 Å². The lowest BCUT2D eigenvalue weighted by Gasteiger charge is -2.23. The Morgan fingerprint density at radius 3 is 2.67 bits per heavy atom. The van der Waals surface area contributed by atoms with Crippen LogP contribution in [0.1, 0.15) is 39.4 Å². The molecule has 1 aromatic heterocycles. The van der Waals surface area contributed by atoms with Gasteiger partial charge in [0, 0.05) is 18.7 Å². The number of hydrogen-bond donors (Lipinski definition) is 1. The lowest BCUT2D eigenvalue weighted by molar-refractivity contribution is 0.359. The van der Waals surface area contributed by atoms with Gasteiger partial charge in [0.05, 0.1) is 6.54 Å². The molecule has 120 valence electrons. The fourth-order valence-corrected chi connectivity index (χ4v) is 5.01. The average molecular weight is 379 g/mol. The van der Waals surface area contributed by atoms with E-state index in [0.717, 1.165) is 19.4 Å². The number of nitrogens with zero attached hydrogens (tertiary/aromatic N) is 1. The number of rotatable bonds is 8. The summed E-state index contributed by atoms with van der Waals surface area (Å²) in [7, 11) is -3.50. The number of furan rings is 1. The highest BCUT2D eigenvalue weighted by Gasteiger charge is 2.40. The van der Waals surface area contributed by atoms with Gasteiger partial charge in [-0.05, 0) is 41.2 Å². The summed E-state index contributed by atoms with van der Waals surface area (Å²) < 4.78 is 33.2. The van der Waals surface area contributed by atoms with Crippen LogP contribution in [0.3, 0.4) is 0 Å². The summed E-state index contributed by atoms with van der Waals surface area (Å²) in [5.41, 5.74) is 0. The van der Waals surface area contributed by atoms with Gasteiger partial charge in [0.25, 0.3) is 0 Å². The molecule has 1 heterocycles. The molecular weight excluding hydrogens is 356 g/mol. The van der Waals surface area contributed by atoms with Gasteiger partial charge >= 0.3 is 0 Å². The Hall–Kier alpha value is -0.370. The first-order valence-corrected chi connectivity index (χ1v) is 9.60. The summed E-state index contributed by atoms with van der Waals surface area (Å²) in [4.78, 5) is 0.239. The van der Waals surface area contributed by atoms with Crippen molar-refractivity contribution in [2.45, 2.75) is 51.1 Å². The monoisotopic (exact) mass is 378 g/mol. The molecule has 0 unspecified atom stereocenters. The van der Waals surface area contributed by atoms with E-state index in [-0.39, 0.29) is 10.9 Å². The molecule has 7 heteroatoms. The van der Waals surface area contributed by atoms with Gasteiger partial charge in [-0.3, -0.25) is 0 Å². The van der Waals surface area contributed by atoms with Crippen LogP contribution in [0.25, 0.3) is 0 Å². The Morgan fingerprint density at radius 2 is 2.14 bits per heavy atom. The Balaban J connectivity index is 2.26. The van der Waals surface area contributed by atoms with Crippen molar-refractivity contribution >= 4 is 26.0 Å². The molecule has 21 heavy (non-hydrogen) atoms. The van der Waals surface area contributed by atoms with E-state index in [4.69, 9.17) is 4.42 Å². The van der Waals surface area contributed by atoms with Gasteiger partial charge in [-0.15, -0.1) is 0 Å². The molecule has 5 nitrogen and oxygen atoms in total. The van der Waals surface area contributed by atoms with Crippen molar-refractivity contribution < 1.29 is 12.8 Å². The third-order valence-electron chi connectivity index (χ3n) is 3.34. The standard InChI is InChI=1S/C14H23BrN2O3S/c1-4-16-8-12-7-13(14(15)20-12)21(18,19)17(9-10(2)3)11-5-6-11/h7,10-11,16H,4-6,8-9H2,1-3H3. The molecule has 1 aliphatic rings. The van der Waals surface area contributed by atoms with E-state index in [9.17, 15) is 8.42 Å². The minimum atomic E-state index is -3.50. The molecule has 1 aromatic rings.